The first-order valence-electron chi connectivity index (χ1n) is 4.46. The molecule has 0 heterocycles. The molecule has 0 amide bonds. The molecule has 1 aromatic rings. The third kappa shape index (κ3) is 2.83. The van der Waals surface area contributed by atoms with Gasteiger partial charge in [-0.05, 0) is 11.1 Å². The lowest BCUT2D eigenvalue weighted by molar-refractivity contribution is 0.184. The number of aliphatic hydroxyl groups is 1. The summed E-state index contributed by atoms with van der Waals surface area (Å²) < 4.78 is 5.07. The minimum atomic E-state index is 0.110. The molecule has 0 aromatic heterocycles. The number of benzene rings is 1. The van der Waals surface area contributed by atoms with Crippen molar-refractivity contribution in [3.8, 4) is 0 Å². The third-order valence-corrected chi connectivity index (χ3v) is 2.15. The van der Waals surface area contributed by atoms with Crippen molar-refractivity contribution in [3.05, 3.63) is 35.4 Å². The Morgan fingerprint density at radius 3 is 2.38 bits per heavy atom. The first-order valence-corrected chi connectivity index (χ1v) is 4.46. The Morgan fingerprint density at radius 1 is 1.31 bits per heavy atom. The Bertz CT molecular complexity index is 241. The van der Waals surface area contributed by atoms with Crippen molar-refractivity contribution < 1.29 is 9.84 Å². The average Bonchev–Trinajstić information content (AvgIpc) is 2.18. The number of aliphatic hydroxyl groups excluding tert-OH is 1. The Kier molecular flexibility index (Phi) is 3.93. The van der Waals surface area contributed by atoms with Gasteiger partial charge in [0, 0.05) is 13.0 Å². The molecule has 1 aromatic carbocycles. The minimum absolute atomic E-state index is 0.110. The maximum Gasteiger partial charge on any atom is 0.0681 e. The number of hydrogen-bond acceptors (Lipinski definition) is 2. The molecule has 1 unspecified atom stereocenters. The summed E-state index contributed by atoms with van der Waals surface area (Å²) in [6, 6.07) is 7.97. The van der Waals surface area contributed by atoms with E-state index in [1.807, 2.05) is 24.3 Å². The molecule has 0 radical (unpaired) electrons. The fourth-order valence-corrected chi connectivity index (χ4v) is 1.30. The predicted octanol–water partition coefficient (Wildman–Crippen LogP) is 1.93. The van der Waals surface area contributed by atoms with E-state index in [0.29, 0.717) is 5.92 Å². The fourth-order valence-electron chi connectivity index (χ4n) is 1.30. The molecule has 1 atom stereocenters. The molecule has 1 rings (SSSR count). The zero-order valence-electron chi connectivity index (χ0n) is 8.16. The molecule has 0 saturated heterocycles. The highest BCUT2D eigenvalue weighted by atomic mass is 16.5. The van der Waals surface area contributed by atoms with Crippen molar-refractivity contribution in [1.82, 2.24) is 0 Å². The summed E-state index contributed by atoms with van der Waals surface area (Å²) in [6.45, 7) is 2.97. The van der Waals surface area contributed by atoms with E-state index in [0.717, 1.165) is 12.2 Å². The van der Waals surface area contributed by atoms with Crippen molar-refractivity contribution in [2.45, 2.75) is 19.4 Å². The van der Waals surface area contributed by atoms with Gasteiger partial charge >= 0.3 is 0 Å². The van der Waals surface area contributed by atoms with E-state index in [2.05, 4.69) is 6.92 Å². The van der Waals surface area contributed by atoms with Crippen LogP contribution in [0.5, 0.6) is 0 Å². The summed E-state index contributed by atoms with van der Waals surface area (Å²) in [5, 5.41) is 8.85. The molecule has 0 bridgehead atoms. The SMILES string of the molecule is COCC(C)c1ccc(CO)cc1. The first kappa shape index (κ1) is 10.2. The van der Waals surface area contributed by atoms with Crippen LogP contribution < -0.4 is 0 Å². The molecule has 13 heavy (non-hydrogen) atoms. The van der Waals surface area contributed by atoms with E-state index < -0.39 is 0 Å². The van der Waals surface area contributed by atoms with Gasteiger partial charge < -0.3 is 9.84 Å². The smallest absolute Gasteiger partial charge is 0.0681 e. The van der Waals surface area contributed by atoms with Gasteiger partial charge in [0.1, 0.15) is 0 Å². The van der Waals surface area contributed by atoms with Crippen LogP contribution in [0.4, 0.5) is 0 Å². The second-order valence-corrected chi connectivity index (χ2v) is 3.26. The van der Waals surface area contributed by atoms with Gasteiger partial charge in [0.2, 0.25) is 0 Å². The minimum Gasteiger partial charge on any atom is -0.392 e. The molecule has 2 heteroatoms. The fraction of sp³-hybridized carbons (Fsp3) is 0.455. The zero-order valence-corrected chi connectivity index (χ0v) is 8.16. The van der Waals surface area contributed by atoms with Crippen LogP contribution in [0.25, 0.3) is 0 Å². The van der Waals surface area contributed by atoms with Gasteiger partial charge in [-0.15, -0.1) is 0 Å². The first-order chi connectivity index (χ1) is 6.27. The summed E-state index contributed by atoms with van der Waals surface area (Å²) in [7, 11) is 1.71. The van der Waals surface area contributed by atoms with Crippen molar-refractivity contribution >= 4 is 0 Å². The normalized spacial score (nSPS) is 12.8. The molecule has 72 valence electrons. The van der Waals surface area contributed by atoms with Crippen LogP contribution in [0.15, 0.2) is 24.3 Å². The third-order valence-electron chi connectivity index (χ3n) is 2.15. The van der Waals surface area contributed by atoms with Crippen LogP contribution in [0.2, 0.25) is 0 Å². The summed E-state index contributed by atoms with van der Waals surface area (Å²) in [5.41, 5.74) is 2.20. The Hall–Kier alpha value is -0.860. The highest BCUT2D eigenvalue weighted by Crippen LogP contribution is 2.15. The lowest BCUT2D eigenvalue weighted by Crippen LogP contribution is -2.01. The molecule has 2 nitrogen and oxygen atoms in total. The van der Waals surface area contributed by atoms with Crippen molar-refractivity contribution in [1.29, 1.82) is 0 Å². The van der Waals surface area contributed by atoms with Crippen molar-refractivity contribution in [2.24, 2.45) is 0 Å². The van der Waals surface area contributed by atoms with Crippen LogP contribution in [-0.4, -0.2) is 18.8 Å². The van der Waals surface area contributed by atoms with E-state index in [1.165, 1.54) is 5.56 Å². The number of hydrogen-bond donors (Lipinski definition) is 1. The van der Waals surface area contributed by atoms with Gasteiger partial charge in [-0.2, -0.15) is 0 Å². The quantitative estimate of drug-likeness (QED) is 0.767. The van der Waals surface area contributed by atoms with Crippen LogP contribution >= 0.6 is 0 Å². The highest BCUT2D eigenvalue weighted by Gasteiger charge is 2.03. The topological polar surface area (TPSA) is 29.5 Å². The zero-order chi connectivity index (χ0) is 9.68. The molecular formula is C11H16O2. The van der Waals surface area contributed by atoms with E-state index in [1.54, 1.807) is 7.11 Å². The maximum absolute atomic E-state index is 8.85. The second kappa shape index (κ2) is 5.00. The molecular weight excluding hydrogens is 164 g/mol. The monoisotopic (exact) mass is 180 g/mol. The highest BCUT2D eigenvalue weighted by molar-refractivity contribution is 5.24. The maximum atomic E-state index is 8.85. The summed E-state index contributed by atoms with van der Waals surface area (Å²) in [6.07, 6.45) is 0. The van der Waals surface area contributed by atoms with Crippen molar-refractivity contribution in [3.63, 3.8) is 0 Å². The van der Waals surface area contributed by atoms with Crippen LogP contribution in [-0.2, 0) is 11.3 Å². The van der Waals surface area contributed by atoms with E-state index >= 15 is 0 Å². The second-order valence-electron chi connectivity index (χ2n) is 3.26. The Labute approximate surface area is 79.2 Å². The van der Waals surface area contributed by atoms with E-state index in [4.69, 9.17) is 9.84 Å². The number of methoxy groups -OCH3 is 1. The molecule has 0 aliphatic carbocycles. The Morgan fingerprint density at radius 2 is 1.92 bits per heavy atom. The standard InChI is InChI=1S/C11H16O2/c1-9(8-13-2)11-5-3-10(7-12)4-6-11/h3-6,9,12H,7-8H2,1-2H3. The molecule has 0 saturated carbocycles. The predicted molar refractivity (Wildman–Crippen MR) is 52.7 cm³/mol. The van der Waals surface area contributed by atoms with Crippen LogP contribution in [0.1, 0.15) is 24.0 Å². The number of ether oxygens (including phenoxy) is 1. The van der Waals surface area contributed by atoms with Gasteiger partial charge in [0.25, 0.3) is 0 Å². The summed E-state index contributed by atoms with van der Waals surface area (Å²) in [4.78, 5) is 0. The lowest BCUT2D eigenvalue weighted by atomic mass is 10.0. The van der Waals surface area contributed by atoms with E-state index in [9.17, 15) is 0 Å². The Balaban J connectivity index is 2.67. The molecule has 0 fully saturated rings. The summed E-state index contributed by atoms with van der Waals surface area (Å²) in [5.74, 6) is 0.415. The summed E-state index contributed by atoms with van der Waals surface area (Å²) >= 11 is 0. The van der Waals surface area contributed by atoms with Gasteiger partial charge in [0.15, 0.2) is 0 Å². The molecule has 1 N–H and O–H groups in total. The van der Waals surface area contributed by atoms with Gasteiger partial charge in [-0.25, -0.2) is 0 Å². The lowest BCUT2D eigenvalue weighted by Gasteiger charge is -2.10. The average molecular weight is 180 g/mol. The van der Waals surface area contributed by atoms with Crippen LogP contribution in [0, 0.1) is 0 Å². The van der Waals surface area contributed by atoms with E-state index in [-0.39, 0.29) is 6.61 Å². The molecule has 0 aliphatic heterocycles. The largest absolute Gasteiger partial charge is 0.392 e. The van der Waals surface area contributed by atoms with Crippen molar-refractivity contribution in [2.75, 3.05) is 13.7 Å². The van der Waals surface area contributed by atoms with Gasteiger partial charge in [-0.1, -0.05) is 31.2 Å². The van der Waals surface area contributed by atoms with Crippen LogP contribution in [0.3, 0.4) is 0 Å². The molecule has 0 spiro atoms. The van der Waals surface area contributed by atoms with Gasteiger partial charge in [-0.3, -0.25) is 0 Å². The van der Waals surface area contributed by atoms with Gasteiger partial charge in [0.05, 0.1) is 13.2 Å². The number of rotatable bonds is 4. The molecule has 0 aliphatic rings.